The van der Waals surface area contributed by atoms with Crippen molar-refractivity contribution in [2.75, 3.05) is 6.54 Å². The molecule has 0 fully saturated rings. The quantitative estimate of drug-likeness (QED) is 0.851. The van der Waals surface area contributed by atoms with Crippen molar-refractivity contribution in [3.8, 4) is 0 Å². The highest BCUT2D eigenvalue weighted by atomic mass is 35.5. The van der Waals surface area contributed by atoms with E-state index in [1.165, 1.54) is 6.07 Å². The molecule has 1 aromatic carbocycles. The van der Waals surface area contributed by atoms with E-state index in [0.29, 0.717) is 6.42 Å². The Morgan fingerprint density at radius 3 is 2.84 bits per heavy atom. The number of halogens is 2. The van der Waals surface area contributed by atoms with E-state index in [1.807, 2.05) is 12.1 Å². The minimum absolute atomic E-state index is 0.0801. The molecule has 0 aliphatic rings. The highest BCUT2D eigenvalue weighted by Crippen LogP contribution is 2.22. The summed E-state index contributed by atoms with van der Waals surface area (Å²) in [6, 6.07) is 8.71. The summed E-state index contributed by atoms with van der Waals surface area (Å²) >= 11 is 5.81. The summed E-state index contributed by atoms with van der Waals surface area (Å²) in [5.41, 5.74) is 0.983. The van der Waals surface area contributed by atoms with Gasteiger partial charge in [0, 0.05) is 0 Å². The standard InChI is InChI=1S/C15H17ClFNO/c1-2-7-18-14(15-4-3-8-19-15)10-11-5-6-13(17)12(16)9-11/h3-6,8-9,14,18H,2,7,10H2,1H3. The van der Waals surface area contributed by atoms with Gasteiger partial charge in [0.2, 0.25) is 0 Å². The maximum Gasteiger partial charge on any atom is 0.141 e. The third-order valence-electron chi connectivity index (χ3n) is 2.95. The van der Waals surface area contributed by atoms with E-state index in [-0.39, 0.29) is 16.9 Å². The lowest BCUT2D eigenvalue weighted by molar-refractivity contribution is 0.410. The first-order chi connectivity index (χ1) is 9.20. The highest BCUT2D eigenvalue weighted by molar-refractivity contribution is 6.30. The second-order valence-electron chi connectivity index (χ2n) is 4.47. The SMILES string of the molecule is CCCNC(Cc1ccc(F)c(Cl)c1)c1ccco1. The molecule has 4 heteroatoms. The molecule has 0 saturated carbocycles. The molecule has 102 valence electrons. The average Bonchev–Trinajstić information content (AvgIpc) is 2.92. The lowest BCUT2D eigenvalue weighted by Gasteiger charge is -2.16. The fourth-order valence-corrected chi connectivity index (χ4v) is 2.19. The lowest BCUT2D eigenvalue weighted by atomic mass is 10.0. The number of furan rings is 1. The van der Waals surface area contributed by atoms with E-state index in [0.717, 1.165) is 24.3 Å². The number of nitrogens with one attached hydrogen (secondary N) is 1. The Balaban J connectivity index is 2.13. The van der Waals surface area contributed by atoms with Gasteiger partial charge < -0.3 is 9.73 Å². The molecule has 1 unspecified atom stereocenters. The van der Waals surface area contributed by atoms with Crippen molar-refractivity contribution in [2.24, 2.45) is 0 Å². The third kappa shape index (κ3) is 3.82. The van der Waals surface area contributed by atoms with E-state index in [2.05, 4.69) is 12.2 Å². The first-order valence-electron chi connectivity index (χ1n) is 6.41. The van der Waals surface area contributed by atoms with E-state index >= 15 is 0 Å². The van der Waals surface area contributed by atoms with Crippen LogP contribution in [0.15, 0.2) is 41.0 Å². The molecule has 1 N–H and O–H groups in total. The van der Waals surface area contributed by atoms with Crippen molar-refractivity contribution in [3.63, 3.8) is 0 Å². The van der Waals surface area contributed by atoms with Gasteiger partial charge in [-0.3, -0.25) is 0 Å². The molecule has 2 aromatic rings. The molecule has 1 heterocycles. The predicted molar refractivity (Wildman–Crippen MR) is 74.9 cm³/mol. The summed E-state index contributed by atoms with van der Waals surface area (Å²) in [6.07, 6.45) is 3.42. The molecule has 0 radical (unpaired) electrons. The van der Waals surface area contributed by atoms with Gasteiger partial charge in [0.1, 0.15) is 11.6 Å². The molecule has 1 atom stereocenters. The molecule has 0 spiro atoms. The maximum atomic E-state index is 13.1. The minimum atomic E-state index is -0.388. The van der Waals surface area contributed by atoms with E-state index < -0.39 is 0 Å². The Morgan fingerprint density at radius 1 is 1.37 bits per heavy atom. The van der Waals surface area contributed by atoms with Crippen LogP contribution in [-0.2, 0) is 6.42 Å². The molecule has 19 heavy (non-hydrogen) atoms. The van der Waals surface area contributed by atoms with Crippen molar-refractivity contribution in [2.45, 2.75) is 25.8 Å². The Bertz CT molecular complexity index is 513. The van der Waals surface area contributed by atoms with Crippen molar-refractivity contribution < 1.29 is 8.81 Å². The number of hydrogen-bond donors (Lipinski definition) is 1. The van der Waals surface area contributed by atoms with Crippen LogP contribution in [0.5, 0.6) is 0 Å². The van der Waals surface area contributed by atoms with Crippen LogP contribution in [0, 0.1) is 5.82 Å². The average molecular weight is 282 g/mol. The number of hydrogen-bond acceptors (Lipinski definition) is 2. The van der Waals surface area contributed by atoms with Gasteiger partial charge in [-0.1, -0.05) is 24.6 Å². The van der Waals surface area contributed by atoms with Gasteiger partial charge in [-0.25, -0.2) is 4.39 Å². The van der Waals surface area contributed by atoms with Crippen LogP contribution in [0.25, 0.3) is 0 Å². The molecule has 0 amide bonds. The molecular weight excluding hydrogens is 265 g/mol. The largest absolute Gasteiger partial charge is 0.468 e. The van der Waals surface area contributed by atoms with Crippen LogP contribution >= 0.6 is 11.6 Å². The van der Waals surface area contributed by atoms with Crippen LogP contribution in [0.1, 0.15) is 30.7 Å². The summed E-state index contributed by atoms with van der Waals surface area (Å²) in [5, 5.41) is 3.58. The van der Waals surface area contributed by atoms with Crippen LogP contribution in [0.3, 0.4) is 0 Å². The van der Waals surface area contributed by atoms with Gasteiger partial charge in [-0.05, 0) is 49.2 Å². The van der Waals surface area contributed by atoms with Crippen molar-refractivity contribution >= 4 is 11.6 Å². The van der Waals surface area contributed by atoms with Gasteiger partial charge in [-0.2, -0.15) is 0 Å². The molecule has 1 aromatic heterocycles. The predicted octanol–water partition coefficient (Wildman–Crippen LogP) is 4.36. The van der Waals surface area contributed by atoms with Gasteiger partial charge >= 0.3 is 0 Å². The zero-order valence-electron chi connectivity index (χ0n) is 10.8. The summed E-state index contributed by atoms with van der Waals surface area (Å²) in [7, 11) is 0. The van der Waals surface area contributed by atoms with Crippen molar-refractivity contribution in [3.05, 3.63) is 58.8 Å². The van der Waals surface area contributed by atoms with E-state index in [1.54, 1.807) is 18.4 Å². The van der Waals surface area contributed by atoms with Crippen LogP contribution in [0.4, 0.5) is 4.39 Å². The fraction of sp³-hybridized carbons (Fsp3) is 0.333. The molecule has 2 rings (SSSR count). The van der Waals surface area contributed by atoms with Gasteiger partial charge in [0.25, 0.3) is 0 Å². The first kappa shape index (κ1) is 14.1. The van der Waals surface area contributed by atoms with Gasteiger partial charge in [0.05, 0.1) is 17.3 Å². The summed E-state index contributed by atoms with van der Waals surface area (Å²) in [6.45, 7) is 3.02. The molecule has 0 saturated heterocycles. The van der Waals surface area contributed by atoms with Gasteiger partial charge in [0.15, 0.2) is 0 Å². The molecule has 0 aliphatic carbocycles. The summed E-state index contributed by atoms with van der Waals surface area (Å²) in [4.78, 5) is 0. The minimum Gasteiger partial charge on any atom is -0.468 e. The summed E-state index contributed by atoms with van der Waals surface area (Å²) in [5.74, 6) is 0.496. The zero-order valence-corrected chi connectivity index (χ0v) is 11.6. The Labute approximate surface area is 117 Å². The first-order valence-corrected chi connectivity index (χ1v) is 6.79. The second kappa shape index (κ2) is 6.73. The second-order valence-corrected chi connectivity index (χ2v) is 4.88. The Kier molecular flexibility index (Phi) is 5.00. The Hall–Kier alpha value is -1.32. The number of rotatable bonds is 6. The Morgan fingerprint density at radius 2 is 2.21 bits per heavy atom. The van der Waals surface area contributed by atoms with Crippen LogP contribution in [-0.4, -0.2) is 6.54 Å². The smallest absolute Gasteiger partial charge is 0.141 e. The van der Waals surface area contributed by atoms with Crippen LogP contribution in [0.2, 0.25) is 5.02 Å². The highest BCUT2D eigenvalue weighted by Gasteiger charge is 2.14. The summed E-state index contributed by atoms with van der Waals surface area (Å²) < 4.78 is 18.6. The monoisotopic (exact) mass is 281 g/mol. The lowest BCUT2D eigenvalue weighted by Crippen LogP contribution is -2.23. The van der Waals surface area contributed by atoms with Gasteiger partial charge in [-0.15, -0.1) is 0 Å². The topological polar surface area (TPSA) is 25.2 Å². The fourth-order valence-electron chi connectivity index (χ4n) is 1.98. The zero-order chi connectivity index (χ0) is 13.7. The normalized spacial score (nSPS) is 12.6. The molecule has 0 aliphatic heterocycles. The molecule has 2 nitrogen and oxygen atoms in total. The van der Waals surface area contributed by atoms with E-state index in [4.69, 9.17) is 16.0 Å². The van der Waals surface area contributed by atoms with Crippen LogP contribution < -0.4 is 5.32 Å². The number of benzene rings is 1. The van der Waals surface area contributed by atoms with Crippen molar-refractivity contribution in [1.29, 1.82) is 0 Å². The van der Waals surface area contributed by atoms with E-state index in [9.17, 15) is 4.39 Å². The molecular formula is C15H17ClFNO. The maximum absolute atomic E-state index is 13.1. The van der Waals surface area contributed by atoms with Crippen molar-refractivity contribution in [1.82, 2.24) is 5.32 Å². The molecule has 0 bridgehead atoms. The third-order valence-corrected chi connectivity index (χ3v) is 3.24.